The Labute approximate surface area is 137 Å². The summed E-state index contributed by atoms with van der Waals surface area (Å²) in [5.74, 6) is 1.07. The summed E-state index contributed by atoms with van der Waals surface area (Å²) < 4.78 is 2.00. The first kappa shape index (κ1) is 15.6. The third-order valence-corrected chi connectivity index (χ3v) is 4.34. The van der Waals surface area contributed by atoms with Crippen LogP contribution in [0.15, 0.2) is 24.3 Å². The monoisotopic (exact) mass is 312 g/mol. The topological polar surface area (TPSA) is 50.2 Å². The molecule has 3 rings (SSSR count). The Balaban J connectivity index is 1.74. The molecule has 1 N–H and O–H groups in total. The van der Waals surface area contributed by atoms with E-state index in [1.165, 1.54) is 5.56 Å². The number of hydrogen-bond acceptors (Lipinski definition) is 3. The predicted octanol–water partition coefficient (Wildman–Crippen LogP) is 2.91. The lowest BCUT2D eigenvalue weighted by molar-refractivity contribution is -0.115. The second kappa shape index (κ2) is 6.44. The average molecular weight is 312 g/mol. The van der Waals surface area contributed by atoms with Crippen molar-refractivity contribution < 1.29 is 4.79 Å². The van der Waals surface area contributed by atoms with E-state index in [2.05, 4.69) is 34.4 Å². The van der Waals surface area contributed by atoms with Gasteiger partial charge >= 0.3 is 0 Å². The Hall–Kier alpha value is -2.30. The van der Waals surface area contributed by atoms with Crippen LogP contribution in [0.2, 0.25) is 0 Å². The molecule has 1 aromatic heterocycles. The van der Waals surface area contributed by atoms with Crippen LogP contribution in [-0.4, -0.2) is 28.8 Å². The number of hydrogen-bond donors (Lipinski definition) is 1. The maximum atomic E-state index is 12.5. The molecule has 5 nitrogen and oxygen atoms in total. The Kier molecular flexibility index (Phi) is 4.37. The van der Waals surface area contributed by atoms with E-state index in [-0.39, 0.29) is 5.91 Å². The first-order chi connectivity index (χ1) is 11.1. The Bertz CT molecular complexity index is 720. The summed E-state index contributed by atoms with van der Waals surface area (Å²) in [5.41, 5.74) is 4.25. The highest BCUT2D eigenvalue weighted by Crippen LogP contribution is 2.23. The van der Waals surface area contributed by atoms with Gasteiger partial charge in [0.15, 0.2) is 0 Å². The number of carbonyl (C=O) groups excluding carboxylic acids is 1. The van der Waals surface area contributed by atoms with Crippen LogP contribution in [0, 0.1) is 13.8 Å². The van der Waals surface area contributed by atoms with Gasteiger partial charge in [-0.05, 0) is 37.8 Å². The minimum Gasteiger partial charge on any atom is -0.347 e. The molecule has 5 heteroatoms. The molecule has 23 heavy (non-hydrogen) atoms. The number of rotatable bonds is 4. The van der Waals surface area contributed by atoms with Crippen LogP contribution in [0.4, 0.5) is 11.5 Å². The normalized spacial score (nSPS) is 13.8. The van der Waals surface area contributed by atoms with E-state index in [9.17, 15) is 4.79 Å². The predicted molar refractivity (Wildman–Crippen MR) is 93.0 cm³/mol. The van der Waals surface area contributed by atoms with E-state index in [1.807, 2.05) is 30.7 Å². The zero-order chi connectivity index (χ0) is 16.4. The maximum absolute atomic E-state index is 12.5. The van der Waals surface area contributed by atoms with Gasteiger partial charge in [-0.3, -0.25) is 4.79 Å². The molecule has 1 amide bonds. The fraction of sp³-hybridized carbons (Fsp3) is 0.444. The highest BCUT2D eigenvalue weighted by molar-refractivity contribution is 5.95. The van der Waals surface area contributed by atoms with Gasteiger partial charge in [0.1, 0.15) is 5.82 Å². The number of nitrogens with zero attached hydrogens (tertiary/aromatic N) is 3. The number of para-hydroxylation sites is 1. The fourth-order valence-corrected chi connectivity index (χ4v) is 3.19. The molecule has 122 valence electrons. The van der Waals surface area contributed by atoms with Crippen molar-refractivity contribution in [3.8, 4) is 0 Å². The van der Waals surface area contributed by atoms with Crippen molar-refractivity contribution in [2.45, 2.75) is 40.2 Å². The summed E-state index contributed by atoms with van der Waals surface area (Å²) in [5, 5.41) is 7.58. The largest absolute Gasteiger partial charge is 0.347 e. The standard InChI is InChI=1S/C18H24N4O/c1-4-15-8-5-7-13(2)18(15)19-16(23)12-21-9-6-10-22-17(21)11-14(3)20-22/h5,7-8,11H,4,6,9-10,12H2,1-3H3,(H,19,23). The molecular formula is C18H24N4O. The van der Waals surface area contributed by atoms with E-state index in [0.717, 1.165) is 48.7 Å². The lowest BCUT2D eigenvalue weighted by Gasteiger charge is -2.29. The summed E-state index contributed by atoms with van der Waals surface area (Å²) in [6.45, 7) is 8.32. The van der Waals surface area contributed by atoms with Gasteiger partial charge in [-0.2, -0.15) is 5.10 Å². The molecule has 1 aliphatic heterocycles. The van der Waals surface area contributed by atoms with Gasteiger partial charge < -0.3 is 10.2 Å². The third kappa shape index (κ3) is 3.23. The molecular weight excluding hydrogens is 288 g/mol. The summed E-state index contributed by atoms with van der Waals surface area (Å²) in [4.78, 5) is 14.6. The van der Waals surface area contributed by atoms with Crippen molar-refractivity contribution in [3.63, 3.8) is 0 Å². The molecule has 0 aliphatic carbocycles. The van der Waals surface area contributed by atoms with E-state index in [1.54, 1.807) is 0 Å². The molecule has 0 bridgehead atoms. The lowest BCUT2D eigenvalue weighted by atomic mass is 10.1. The highest BCUT2D eigenvalue weighted by atomic mass is 16.2. The number of nitrogens with one attached hydrogen (secondary N) is 1. The van der Waals surface area contributed by atoms with Crippen molar-refractivity contribution in [2.24, 2.45) is 0 Å². The molecule has 2 heterocycles. The quantitative estimate of drug-likeness (QED) is 0.944. The second-order valence-corrected chi connectivity index (χ2v) is 6.15. The molecule has 0 unspecified atom stereocenters. The first-order valence-corrected chi connectivity index (χ1v) is 8.26. The number of fused-ring (bicyclic) bond motifs is 1. The smallest absolute Gasteiger partial charge is 0.243 e. The molecule has 0 spiro atoms. The van der Waals surface area contributed by atoms with Crippen LogP contribution in [0.1, 0.15) is 30.2 Å². The van der Waals surface area contributed by atoms with Crippen LogP contribution < -0.4 is 10.2 Å². The summed E-state index contributed by atoms with van der Waals surface area (Å²) in [7, 11) is 0. The fourth-order valence-electron chi connectivity index (χ4n) is 3.19. The molecule has 0 atom stereocenters. The number of carbonyl (C=O) groups is 1. The minimum absolute atomic E-state index is 0.0290. The van der Waals surface area contributed by atoms with Crippen molar-refractivity contribution in [3.05, 3.63) is 41.1 Å². The molecule has 0 saturated heterocycles. The van der Waals surface area contributed by atoms with Gasteiger partial charge in [0.2, 0.25) is 5.91 Å². The van der Waals surface area contributed by atoms with Crippen molar-refractivity contribution in [1.29, 1.82) is 0 Å². The number of aryl methyl sites for hydroxylation is 4. The van der Waals surface area contributed by atoms with Gasteiger partial charge in [-0.25, -0.2) is 4.68 Å². The summed E-state index contributed by atoms with van der Waals surface area (Å²) >= 11 is 0. The number of aromatic nitrogens is 2. The molecule has 0 saturated carbocycles. The minimum atomic E-state index is 0.0290. The van der Waals surface area contributed by atoms with E-state index in [4.69, 9.17) is 0 Å². The van der Waals surface area contributed by atoms with Gasteiger partial charge in [-0.15, -0.1) is 0 Å². The molecule has 1 aromatic carbocycles. The van der Waals surface area contributed by atoms with Gasteiger partial charge in [-0.1, -0.05) is 25.1 Å². The number of anilines is 2. The SMILES string of the molecule is CCc1cccc(C)c1NC(=O)CN1CCCn2nc(C)cc21. The van der Waals surface area contributed by atoms with E-state index < -0.39 is 0 Å². The zero-order valence-electron chi connectivity index (χ0n) is 14.1. The average Bonchev–Trinajstić information content (AvgIpc) is 2.90. The number of benzene rings is 1. The van der Waals surface area contributed by atoms with Crippen LogP contribution in [0.5, 0.6) is 0 Å². The Morgan fingerprint density at radius 2 is 2.13 bits per heavy atom. The van der Waals surface area contributed by atoms with Crippen LogP contribution in [-0.2, 0) is 17.8 Å². The number of amides is 1. The molecule has 0 radical (unpaired) electrons. The van der Waals surface area contributed by atoms with Crippen LogP contribution >= 0.6 is 0 Å². The van der Waals surface area contributed by atoms with Gasteiger partial charge in [0.25, 0.3) is 0 Å². The van der Waals surface area contributed by atoms with Gasteiger partial charge in [0.05, 0.1) is 12.2 Å². The molecule has 1 aliphatic rings. The Morgan fingerprint density at radius 1 is 1.30 bits per heavy atom. The summed E-state index contributed by atoms with van der Waals surface area (Å²) in [6.07, 6.45) is 1.93. The van der Waals surface area contributed by atoms with Crippen LogP contribution in [0.25, 0.3) is 0 Å². The zero-order valence-corrected chi connectivity index (χ0v) is 14.1. The van der Waals surface area contributed by atoms with Crippen molar-refractivity contribution in [2.75, 3.05) is 23.3 Å². The van der Waals surface area contributed by atoms with Crippen molar-refractivity contribution in [1.82, 2.24) is 9.78 Å². The Morgan fingerprint density at radius 3 is 2.91 bits per heavy atom. The first-order valence-electron chi connectivity index (χ1n) is 8.26. The third-order valence-electron chi connectivity index (χ3n) is 4.34. The highest BCUT2D eigenvalue weighted by Gasteiger charge is 2.21. The van der Waals surface area contributed by atoms with Crippen LogP contribution in [0.3, 0.4) is 0 Å². The second-order valence-electron chi connectivity index (χ2n) is 6.15. The lowest BCUT2D eigenvalue weighted by Crippen LogP contribution is -2.38. The molecule has 2 aromatic rings. The van der Waals surface area contributed by atoms with E-state index >= 15 is 0 Å². The molecule has 0 fully saturated rings. The van der Waals surface area contributed by atoms with Crippen molar-refractivity contribution >= 4 is 17.4 Å². The maximum Gasteiger partial charge on any atom is 0.243 e. The summed E-state index contributed by atoms with van der Waals surface area (Å²) in [6, 6.07) is 8.20. The van der Waals surface area contributed by atoms with E-state index in [0.29, 0.717) is 6.54 Å². The van der Waals surface area contributed by atoms with Gasteiger partial charge in [0, 0.05) is 24.8 Å².